The number of nitrogens with zero attached hydrogens (tertiary/aromatic N) is 2. The Kier molecular flexibility index (Phi) is 6.83. The van der Waals surface area contributed by atoms with E-state index >= 15 is 0 Å². The third-order valence-corrected chi connectivity index (χ3v) is 5.32. The van der Waals surface area contributed by atoms with Gasteiger partial charge in [-0.2, -0.15) is 0 Å². The fraction of sp³-hybridized carbons (Fsp3) is 0.429. The minimum absolute atomic E-state index is 0.633. The molecule has 1 saturated heterocycles. The van der Waals surface area contributed by atoms with Crippen LogP contribution in [0.2, 0.25) is 5.02 Å². The topological polar surface area (TPSA) is 34.2 Å². The van der Waals surface area contributed by atoms with Gasteiger partial charge in [-0.1, -0.05) is 29.8 Å². The van der Waals surface area contributed by atoms with Crippen LogP contribution < -0.4 is 14.2 Å². The number of halogens is 1. The maximum absolute atomic E-state index is 6.29. The van der Waals surface area contributed by atoms with E-state index < -0.39 is 0 Å². The number of ether oxygens (including phenoxy) is 3. The van der Waals surface area contributed by atoms with Gasteiger partial charge in [-0.05, 0) is 29.3 Å². The van der Waals surface area contributed by atoms with Gasteiger partial charge in [0, 0.05) is 44.3 Å². The summed E-state index contributed by atoms with van der Waals surface area (Å²) in [7, 11) is 4.92. The average Bonchev–Trinajstić information content (AvgIpc) is 2.70. The van der Waals surface area contributed by atoms with Crippen molar-refractivity contribution < 1.29 is 14.2 Å². The van der Waals surface area contributed by atoms with Crippen molar-refractivity contribution >= 4 is 11.6 Å². The summed E-state index contributed by atoms with van der Waals surface area (Å²) in [5.74, 6) is 2.03. The molecule has 0 N–H and O–H groups in total. The zero-order chi connectivity index (χ0) is 19.2. The van der Waals surface area contributed by atoms with E-state index in [0.29, 0.717) is 17.2 Å². The number of hydrogen-bond acceptors (Lipinski definition) is 5. The highest BCUT2D eigenvalue weighted by molar-refractivity contribution is 6.31. The average molecular weight is 391 g/mol. The van der Waals surface area contributed by atoms with Crippen molar-refractivity contribution in [1.82, 2.24) is 9.80 Å². The molecule has 3 rings (SSSR count). The van der Waals surface area contributed by atoms with Gasteiger partial charge in [0.15, 0.2) is 11.5 Å². The molecule has 1 fully saturated rings. The Hall–Kier alpha value is -1.95. The molecule has 5 nitrogen and oxygen atoms in total. The second-order valence-corrected chi connectivity index (χ2v) is 7.08. The molecule has 2 aromatic carbocycles. The zero-order valence-corrected chi connectivity index (χ0v) is 17.0. The molecule has 146 valence electrons. The maximum atomic E-state index is 6.29. The molecule has 1 aliphatic rings. The van der Waals surface area contributed by atoms with E-state index in [1.165, 1.54) is 5.56 Å². The zero-order valence-electron chi connectivity index (χ0n) is 16.2. The Bertz CT molecular complexity index is 736. The van der Waals surface area contributed by atoms with E-state index in [2.05, 4.69) is 15.9 Å². The summed E-state index contributed by atoms with van der Waals surface area (Å²) < 4.78 is 16.3. The molecule has 0 unspecified atom stereocenters. The molecule has 1 heterocycles. The Morgan fingerprint density at radius 1 is 0.815 bits per heavy atom. The fourth-order valence-corrected chi connectivity index (χ4v) is 3.65. The van der Waals surface area contributed by atoms with Gasteiger partial charge in [0.25, 0.3) is 0 Å². The summed E-state index contributed by atoms with van der Waals surface area (Å²) in [6, 6.07) is 12.1. The molecule has 27 heavy (non-hydrogen) atoms. The predicted molar refractivity (Wildman–Crippen MR) is 108 cm³/mol. The largest absolute Gasteiger partial charge is 0.493 e. The fourth-order valence-electron chi connectivity index (χ4n) is 3.46. The van der Waals surface area contributed by atoms with E-state index in [0.717, 1.165) is 49.9 Å². The Morgan fingerprint density at radius 2 is 1.37 bits per heavy atom. The van der Waals surface area contributed by atoms with Gasteiger partial charge in [0.05, 0.1) is 21.3 Å². The minimum Gasteiger partial charge on any atom is -0.493 e. The van der Waals surface area contributed by atoms with Crippen LogP contribution in [-0.2, 0) is 13.1 Å². The van der Waals surface area contributed by atoms with Crippen molar-refractivity contribution in [3.63, 3.8) is 0 Å². The molecule has 0 bridgehead atoms. The number of methoxy groups -OCH3 is 3. The lowest BCUT2D eigenvalue weighted by Gasteiger charge is -2.35. The molecule has 0 amide bonds. The standard InChI is InChI=1S/C21H27ClN2O3/c1-25-19-12-16(13-20(26-2)21(19)27-3)14-23-8-10-24(11-9-23)15-17-6-4-5-7-18(17)22/h4-7,12-13H,8-11,14-15H2,1-3H3. The molecule has 0 saturated carbocycles. The van der Waals surface area contributed by atoms with Gasteiger partial charge in [-0.25, -0.2) is 0 Å². The molecular weight excluding hydrogens is 364 g/mol. The third-order valence-electron chi connectivity index (χ3n) is 4.95. The first-order valence-electron chi connectivity index (χ1n) is 9.11. The first kappa shape index (κ1) is 19.8. The van der Waals surface area contributed by atoms with Crippen molar-refractivity contribution in [3.8, 4) is 17.2 Å². The van der Waals surface area contributed by atoms with Crippen LogP contribution in [0.25, 0.3) is 0 Å². The highest BCUT2D eigenvalue weighted by atomic mass is 35.5. The summed E-state index contributed by atoms with van der Waals surface area (Å²) in [5.41, 5.74) is 2.35. The highest BCUT2D eigenvalue weighted by Crippen LogP contribution is 2.38. The molecule has 2 aromatic rings. The molecule has 0 radical (unpaired) electrons. The van der Waals surface area contributed by atoms with Crippen molar-refractivity contribution in [2.45, 2.75) is 13.1 Å². The van der Waals surface area contributed by atoms with Gasteiger partial charge in [-0.15, -0.1) is 0 Å². The van der Waals surface area contributed by atoms with Crippen LogP contribution in [0.5, 0.6) is 17.2 Å². The first-order chi connectivity index (χ1) is 13.1. The first-order valence-corrected chi connectivity index (χ1v) is 9.49. The second-order valence-electron chi connectivity index (χ2n) is 6.68. The maximum Gasteiger partial charge on any atom is 0.203 e. The van der Waals surface area contributed by atoms with Crippen LogP contribution in [0.4, 0.5) is 0 Å². The monoisotopic (exact) mass is 390 g/mol. The van der Waals surface area contributed by atoms with Gasteiger partial charge < -0.3 is 14.2 Å². The van der Waals surface area contributed by atoms with E-state index in [9.17, 15) is 0 Å². The normalized spacial score (nSPS) is 15.6. The van der Waals surface area contributed by atoms with Crippen molar-refractivity contribution in [2.24, 2.45) is 0 Å². The lowest BCUT2D eigenvalue weighted by molar-refractivity contribution is 0.122. The lowest BCUT2D eigenvalue weighted by atomic mass is 10.1. The molecule has 0 spiro atoms. The summed E-state index contributed by atoms with van der Waals surface area (Å²) in [5, 5.41) is 0.845. The molecule has 6 heteroatoms. The Balaban J connectivity index is 1.60. The number of piperazine rings is 1. The van der Waals surface area contributed by atoms with Gasteiger partial charge in [0.2, 0.25) is 5.75 Å². The summed E-state index contributed by atoms with van der Waals surface area (Å²) in [6.07, 6.45) is 0. The van der Waals surface area contributed by atoms with E-state index in [-0.39, 0.29) is 0 Å². The van der Waals surface area contributed by atoms with Crippen molar-refractivity contribution in [1.29, 1.82) is 0 Å². The summed E-state index contributed by atoms with van der Waals surface area (Å²) in [6.45, 7) is 5.84. The smallest absolute Gasteiger partial charge is 0.203 e. The van der Waals surface area contributed by atoms with Crippen molar-refractivity contribution in [2.75, 3.05) is 47.5 Å². The van der Waals surface area contributed by atoms with Crippen LogP contribution in [0.1, 0.15) is 11.1 Å². The van der Waals surface area contributed by atoms with Gasteiger partial charge in [-0.3, -0.25) is 9.80 Å². The predicted octanol–water partition coefficient (Wildman–Crippen LogP) is 3.68. The lowest BCUT2D eigenvalue weighted by Crippen LogP contribution is -2.45. The molecular formula is C21H27ClN2O3. The van der Waals surface area contributed by atoms with E-state index in [1.807, 2.05) is 30.3 Å². The van der Waals surface area contributed by atoms with Crippen molar-refractivity contribution in [3.05, 3.63) is 52.5 Å². The van der Waals surface area contributed by atoms with Crippen LogP contribution in [0, 0.1) is 0 Å². The van der Waals surface area contributed by atoms with Crippen LogP contribution in [0.3, 0.4) is 0 Å². The second kappa shape index (κ2) is 9.31. The highest BCUT2D eigenvalue weighted by Gasteiger charge is 2.20. The van der Waals surface area contributed by atoms with E-state index in [1.54, 1.807) is 21.3 Å². The van der Waals surface area contributed by atoms with Crippen LogP contribution in [0.15, 0.2) is 36.4 Å². The third kappa shape index (κ3) is 4.86. The van der Waals surface area contributed by atoms with Gasteiger partial charge >= 0.3 is 0 Å². The van der Waals surface area contributed by atoms with E-state index in [4.69, 9.17) is 25.8 Å². The molecule has 0 aromatic heterocycles. The molecule has 0 aliphatic carbocycles. The summed E-state index contributed by atoms with van der Waals surface area (Å²) in [4.78, 5) is 4.90. The molecule has 1 aliphatic heterocycles. The van der Waals surface area contributed by atoms with Crippen LogP contribution >= 0.6 is 11.6 Å². The quantitative estimate of drug-likeness (QED) is 0.720. The van der Waals surface area contributed by atoms with Crippen LogP contribution in [-0.4, -0.2) is 57.3 Å². The Labute approximate surface area is 166 Å². The SMILES string of the molecule is COc1cc(CN2CCN(Cc3ccccc3Cl)CC2)cc(OC)c1OC. The van der Waals surface area contributed by atoms with Gasteiger partial charge in [0.1, 0.15) is 0 Å². The number of benzene rings is 2. The summed E-state index contributed by atoms with van der Waals surface area (Å²) >= 11 is 6.29. The number of rotatable bonds is 7. The number of hydrogen-bond donors (Lipinski definition) is 0. The Morgan fingerprint density at radius 3 is 1.89 bits per heavy atom. The molecule has 0 atom stereocenters. The minimum atomic E-state index is 0.633.